The minimum absolute atomic E-state index is 0.0232. The van der Waals surface area contributed by atoms with Gasteiger partial charge in [-0.3, -0.25) is 4.79 Å². The van der Waals surface area contributed by atoms with Gasteiger partial charge in [-0.15, -0.1) is 0 Å². The van der Waals surface area contributed by atoms with Crippen LogP contribution in [0.3, 0.4) is 0 Å². The van der Waals surface area contributed by atoms with Crippen LogP contribution in [0.5, 0.6) is 0 Å². The van der Waals surface area contributed by atoms with E-state index in [1.807, 2.05) is 43.3 Å². The molecular weight excluding hydrogens is 224 g/mol. The van der Waals surface area contributed by atoms with Crippen molar-refractivity contribution in [3.63, 3.8) is 0 Å². The first-order valence-electron chi connectivity index (χ1n) is 6.19. The smallest absolute Gasteiger partial charge is 0.178 e. The molecule has 1 saturated heterocycles. The summed E-state index contributed by atoms with van der Waals surface area (Å²) in [6.07, 6.45) is 3.52. The van der Waals surface area contributed by atoms with E-state index in [9.17, 15) is 10.1 Å². The Kier molecular flexibility index (Phi) is 2.45. The number of carbonyl (C=O) groups is 1. The molecule has 4 atom stereocenters. The van der Waals surface area contributed by atoms with Gasteiger partial charge in [0, 0.05) is 11.6 Å². The van der Waals surface area contributed by atoms with Crippen molar-refractivity contribution in [2.24, 2.45) is 11.8 Å². The molecule has 2 aliphatic rings. The van der Waals surface area contributed by atoms with E-state index in [-0.39, 0.29) is 29.7 Å². The van der Waals surface area contributed by atoms with E-state index in [1.54, 1.807) is 6.08 Å². The van der Waals surface area contributed by atoms with Gasteiger partial charge in [0.25, 0.3) is 0 Å². The molecule has 0 saturated carbocycles. The topological polar surface area (TPSA) is 44.1 Å². The molecule has 2 aliphatic heterocycles. The van der Waals surface area contributed by atoms with Gasteiger partial charge < -0.3 is 4.90 Å². The molecule has 0 unspecified atom stereocenters. The number of nitriles is 1. The lowest BCUT2D eigenvalue weighted by Crippen LogP contribution is -2.44. The molecule has 0 aliphatic carbocycles. The molecule has 18 heavy (non-hydrogen) atoms. The van der Waals surface area contributed by atoms with Gasteiger partial charge in [0.05, 0.1) is 24.1 Å². The average molecular weight is 238 g/mol. The van der Waals surface area contributed by atoms with E-state index in [0.717, 1.165) is 5.69 Å². The fourth-order valence-corrected chi connectivity index (χ4v) is 3.15. The fraction of sp³-hybridized carbons (Fsp3) is 0.333. The van der Waals surface area contributed by atoms with Gasteiger partial charge >= 0.3 is 0 Å². The Morgan fingerprint density at radius 3 is 2.67 bits per heavy atom. The van der Waals surface area contributed by atoms with Crippen molar-refractivity contribution >= 4 is 11.5 Å². The summed E-state index contributed by atoms with van der Waals surface area (Å²) in [5, 5.41) is 9.31. The SMILES string of the molecule is C[C@H]1[C@@H](C#N)[C@H]2C=CC(=O)[C@@H]1N2c1ccccc1. The van der Waals surface area contributed by atoms with Crippen LogP contribution in [-0.2, 0) is 4.79 Å². The van der Waals surface area contributed by atoms with Crippen LogP contribution in [-0.4, -0.2) is 17.9 Å². The van der Waals surface area contributed by atoms with E-state index >= 15 is 0 Å². The zero-order chi connectivity index (χ0) is 12.7. The minimum atomic E-state index is -0.188. The quantitative estimate of drug-likeness (QED) is 0.753. The van der Waals surface area contributed by atoms with Crippen molar-refractivity contribution in [2.75, 3.05) is 4.90 Å². The molecule has 3 heteroatoms. The highest BCUT2D eigenvalue weighted by molar-refractivity contribution is 5.99. The number of carbonyl (C=O) groups excluding carboxylic acids is 1. The van der Waals surface area contributed by atoms with Crippen LogP contribution in [0.2, 0.25) is 0 Å². The normalized spacial score (nSPS) is 33.6. The van der Waals surface area contributed by atoms with Crippen LogP contribution in [0.15, 0.2) is 42.5 Å². The first-order valence-corrected chi connectivity index (χ1v) is 6.19. The third-order valence-corrected chi connectivity index (χ3v) is 4.01. The summed E-state index contributed by atoms with van der Waals surface area (Å²) in [5.74, 6) is 0.0703. The lowest BCUT2D eigenvalue weighted by atomic mass is 9.91. The molecule has 0 N–H and O–H groups in total. The molecule has 1 aromatic rings. The Bertz CT molecular complexity index is 543. The predicted octanol–water partition coefficient (Wildman–Crippen LogP) is 2.16. The summed E-state index contributed by atoms with van der Waals surface area (Å²) in [6.45, 7) is 2.00. The molecule has 1 aromatic carbocycles. The number of ketones is 1. The van der Waals surface area contributed by atoms with Crippen LogP contribution in [0.25, 0.3) is 0 Å². The van der Waals surface area contributed by atoms with Gasteiger partial charge in [-0.05, 0) is 18.2 Å². The Morgan fingerprint density at radius 2 is 2.00 bits per heavy atom. The van der Waals surface area contributed by atoms with Gasteiger partial charge in [0.15, 0.2) is 5.78 Å². The van der Waals surface area contributed by atoms with Gasteiger partial charge in [-0.1, -0.05) is 31.2 Å². The van der Waals surface area contributed by atoms with Gasteiger partial charge in [0.1, 0.15) is 0 Å². The van der Waals surface area contributed by atoms with Crippen LogP contribution in [0, 0.1) is 23.2 Å². The number of nitrogens with zero attached hydrogens (tertiary/aromatic N) is 2. The summed E-state index contributed by atoms with van der Waals surface area (Å²) in [4.78, 5) is 14.2. The van der Waals surface area contributed by atoms with E-state index in [4.69, 9.17) is 0 Å². The van der Waals surface area contributed by atoms with Crippen LogP contribution >= 0.6 is 0 Å². The lowest BCUT2D eigenvalue weighted by Gasteiger charge is -2.33. The van der Waals surface area contributed by atoms with E-state index in [1.165, 1.54) is 0 Å². The number of fused-ring (bicyclic) bond motifs is 2. The second kappa shape index (κ2) is 3.99. The number of rotatable bonds is 1. The zero-order valence-corrected chi connectivity index (χ0v) is 10.2. The van der Waals surface area contributed by atoms with Crippen LogP contribution in [0.4, 0.5) is 5.69 Å². The van der Waals surface area contributed by atoms with Crippen molar-refractivity contribution in [3.05, 3.63) is 42.5 Å². The maximum Gasteiger partial charge on any atom is 0.178 e. The average Bonchev–Trinajstić information content (AvgIpc) is 2.62. The molecule has 0 radical (unpaired) electrons. The first-order chi connectivity index (χ1) is 8.74. The molecular formula is C15H14N2O. The van der Waals surface area contributed by atoms with Crippen LogP contribution < -0.4 is 4.90 Å². The van der Waals surface area contributed by atoms with Crippen molar-refractivity contribution in [1.82, 2.24) is 0 Å². The molecule has 0 aromatic heterocycles. The van der Waals surface area contributed by atoms with Crippen LogP contribution in [0.1, 0.15) is 6.92 Å². The van der Waals surface area contributed by atoms with E-state index in [2.05, 4.69) is 11.0 Å². The molecule has 2 heterocycles. The molecule has 1 fully saturated rings. The van der Waals surface area contributed by atoms with Crippen molar-refractivity contribution in [3.8, 4) is 6.07 Å². The molecule has 3 rings (SSSR count). The summed E-state index contributed by atoms with van der Waals surface area (Å²) in [7, 11) is 0. The largest absolute Gasteiger partial charge is 0.353 e. The second-order valence-electron chi connectivity index (χ2n) is 4.95. The van der Waals surface area contributed by atoms with Gasteiger partial charge in [0.2, 0.25) is 0 Å². The molecule has 90 valence electrons. The van der Waals surface area contributed by atoms with Gasteiger partial charge in [-0.2, -0.15) is 5.26 Å². The van der Waals surface area contributed by atoms with Gasteiger partial charge in [-0.25, -0.2) is 0 Å². The molecule has 3 nitrogen and oxygen atoms in total. The molecule has 0 spiro atoms. The Balaban J connectivity index is 2.09. The fourth-order valence-electron chi connectivity index (χ4n) is 3.15. The zero-order valence-electron chi connectivity index (χ0n) is 10.2. The number of hydrogen-bond acceptors (Lipinski definition) is 3. The minimum Gasteiger partial charge on any atom is -0.353 e. The number of benzene rings is 1. The number of hydrogen-bond donors (Lipinski definition) is 0. The maximum atomic E-state index is 12.1. The Morgan fingerprint density at radius 1 is 1.28 bits per heavy atom. The monoisotopic (exact) mass is 238 g/mol. The van der Waals surface area contributed by atoms with Crippen molar-refractivity contribution in [2.45, 2.75) is 19.0 Å². The van der Waals surface area contributed by atoms with E-state index in [0.29, 0.717) is 0 Å². The third kappa shape index (κ3) is 1.39. The summed E-state index contributed by atoms with van der Waals surface area (Å²) in [5.41, 5.74) is 1.02. The van der Waals surface area contributed by atoms with Crippen molar-refractivity contribution < 1.29 is 4.79 Å². The second-order valence-corrected chi connectivity index (χ2v) is 4.95. The first kappa shape index (κ1) is 11.0. The summed E-state index contributed by atoms with van der Waals surface area (Å²) >= 11 is 0. The van der Waals surface area contributed by atoms with Crippen molar-refractivity contribution in [1.29, 1.82) is 5.26 Å². The highest BCUT2D eigenvalue weighted by Crippen LogP contribution is 2.41. The molecule has 2 bridgehead atoms. The standard InChI is InChI=1S/C15H14N2O/c1-10-12(9-16)13-7-8-14(18)15(10)17(13)11-5-3-2-4-6-11/h2-8,10,12-13,15H,1H3/t10-,12+,13+,15+/m0/s1. The maximum absolute atomic E-state index is 12.1. The van der Waals surface area contributed by atoms with E-state index < -0.39 is 0 Å². The Hall–Kier alpha value is -2.08. The number of para-hydroxylation sites is 1. The third-order valence-electron chi connectivity index (χ3n) is 4.01. The highest BCUT2D eigenvalue weighted by Gasteiger charge is 2.50. The molecule has 0 amide bonds. The predicted molar refractivity (Wildman–Crippen MR) is 68.9 cm³/mol. The lowest BCUT2D eigenvalue weighted by molar-refractivity contribution is -0.116. The Labute approximate surface area is 106 Å². The summed E-state index contributed by atoms with van der Waals surface area (Å²) in [6, 6.07) is 12.1. The highest BCUT2D eigenvalue weighted by atomic mass is 16.1. The summed E-state index contributed by atoms with van der Waals surface area (Å²) < 4.78 is 0. The number of anilines is 1.